The van der Waals surface area contributed by atoms with Crippen LogP contribution in [0.25, 0.3) is 22.4 Å². The molecule has 2 aromatic carbocycles. The number of hydrogen-bond donors (Lipinski definition) is 1. The number of rotatable bonds is 3. The van der Waals surface area contributed by atoms with E-state index in [-0.39, 0.29) is 5.69 Å². The molecule has 0 bridgehead atoms. The summed E-state index contributed by atoms with van der Waals surface area (Å²) in [6, 6.07) is 11.2. The van der Waals surface area contributed by atoms with Gasteiger partial charge in [0.05, 0.1) is 28.6 Å². The zero-order valence-corrected chi connectivity index (χ0v) is 11.6. The summed E-state index contributed by atoms with van der Waals surface area (Å²) < 4.78 is 4.75. The molecule has 1 aromatic heterocycles. The summed E-state index contributed by atoms with van der Waals surface area (Å²) in [4.78, 5) is 29.5. The maximum Gasteiger partial charge on any atom is 0.338 e. The number of imidazole rings is 1. The van der Waals surface area contributed by atoms with E-state index in [0.717, 1.165) is 0 Å². The largest absolute Gasteiger partial charge is 0.465 e. The van der Waals surface area contributed by atoms with Gasteiger partial charge in [-0.25, -0.2) is 9.78 Å². The van der Waals surface area contributed by atoms with E-state index in [4.69, 9.17) is 4.74 Å². The van der Waals surface area contributed by atoms with Crippen LogP contribution in [0.5, 0.6) is 0 Å². The van der Waals surface area contributed by atoms with Crippen LogP contribution in [0.2, 0.25) is 0 Å². The minimum Gasteiger partial charge on any atom is -0.465 e. The summed E-state index contributed by atoms with van der Waals surface area (Å²) in [6.45, 7) is 0. The maximum atomic E-state index is 11.8. The van der Waals surface area contributed by atoms with Gasteiger partial charge in [0.2, 0.25) is 0 Å². The van der Waals surface area contributed by atoms with Crippen LogP contribution in [0.3, 0.4) is 0 Å². The van der Waals surface area contributed by atoms with E-state index < -0.39 is 10.9 Å². The first-order valence-electron chi connectivity index (χ1n) is 6.42. The molecule has 0 aliphatic heterocycles. The molecule has 7 heteroatoms. The van der Waals surface area contributed by atoms with Crippen molar-refractivity contribution < 1.29 is 14.5 Å². The van der Waals surface area contributed by atoms with Crippen LogP contribution in [0.4, 0.5) is 5.69 Å². The normalized spacial score (nSPS) is 10.6. The average Bonchev–Trinajstić information content (AvgIpc) is 2.96. The van der Waals surface area contributed by atoms with E-state index in [0.29, 0.717) is 28.0 Å². The standard InChI is InChI=1S/C15H11N3O4/c1-22-15(19)11-5-3-2-4-10(11)14-16-12-7-6-9(18(20)21)8-13(12)17-14/h2-8H,1H3,(H,16,17). The smallest absolute Gasteiger partial charge is 0.338 e. The van der Waals surface area contributed by atoms with Crippen molar-refractivity contribution in [3.63, 3.8) is 0 Å². The predicted molar refractivity (Wildman–Crippen MR) is 79.5 cm³/mol. The van der Waals surface area contributed by atoms with Crippen molar-refractivity contribution in [3.8, 4) is 11.4 Å². The fourth-order valence-electron chi connectivity index (χ4n) is 2.22. The number of H-pyrrole nitrogens is 1. The Morgan fingerprint density at radius 1 is 1.27 bits per heavy atom. The van der Waals surface area contributed by atoms with Gasteiger partial charge in [-0.2, -0.15) is 0 Å². The van der Waals surface area contributed by atoms with Gasteiger partial charge in [0.25, 0.3) is 5.69 Å². The van der Waals surface area contributed by atoms with E-state index in [2.05, 4.69) is 9.97 Å². The third kappa shape index (κ3) is 2.28. The molecule has 7 nitrogen and oxygen atoms in total. The second-order valence-electron chi connectivity index (χ2n) is 4.58. The van der Waals surface area contributed by atoms with E-state index in [1.807, 2.05) is 0 Å². The number of carbonyl (C=O) groups excluding carboxylic acids is 1. The lowest BCUT2D eigenvalue weighted by Crippen LogP contribution is -2.03. The number of non-ortho nitro benzene ring substituents is 1. The number of fused-ring (bicyclic) bond motifs is 1. The predicted octanol–water partition coefficient (Wildman–Crippen LogP) is 2.92. The van der Waals surface area contributed by atoms with E-state index >= 15 is 0 Å². The highest BCUT2D eigenvalue weighted by Crippen LogP contribution is 2.26. The van der Waals surface area contributed by atoms with E-state index in [1.165, 1.54) is 19.2 Å². The SMILES string of the molecule is COC(=O)c1ccccc1-c1nc2ccc([N+](=O)[O-])cc2[nH]1. The van der Waals surface area contributed by atoms with Crippen LogP contribution >= 0.6 is 0 Å². The summed E-state index contributed by atoms with van der Waals surface area (Å²) in [5.41, 5.74) is 2.04. The van der Waals surface area contributed by atoms with Gasteiger partial charge in [0.15, 0.2) is 0 Å². The fraction of sp³-hybridized carbons (Fsp3) is 0.0667. The minimum atomic E-state index is -0.470. The Bertz CT molecular complexity index is 885. The first-order valence-corrected chi connectivity index (χ1v) is 6.42. The lowest BCUT2D eigenvalue weighted by atomic mass is 10.1. The summed E-state index contributed by atoms with van der Waals surface area (Å²) in [5.74, 6) is -0.0152. The van der Waals surface area contributed by atoms with Crippen molar-refractivity contribution in [2.75, 3.05) is 7.11 Å². The lowest BCUT2D eigenvalue weighted by Gasteiger charge is -2.04. The van der Waals surface area contributed by atoms with Crippen molar-refractivity contribution in [2.24, 2.45) is 0 Å². The molecule has 0 aliphatic rings. The van der Waals surface area contributed by atoms with Crippen LogP contribution in [0, 0.1) is 10.1 Å². The molecule has 0 atom stereocenters. The van der Waals surface area contributed by atoms with Crippen molar-refractivity contribution in [1.29, 1.82) is 0 Å². The second kappa shape index (κ2) is 5.28. The molecule has 110 valence electrons. The number of carbonyl (C=O) groups is 1. The Morgan fingerprint density at radius 2 is 2.05 bits per heavy atom. The highest BCUT2D eigenvalue weighted by atomic mass is 16.6. The molecule has 22 heavy (non-hydrogen) atoms. The molecule has 0 saturated carbocycles. The summed E-state index contributed by atoms with van der Waals surface area (Å²) in [5, 5.41) is 10.8. The van der Waals surface area contributed by atoms with Crippen molar-refractivity contribution in [1.82, 2.24) is 9.97 Å². The maximum absolute atomic E-state index is 11.8. The number of aromatic nitrogens is 2. The first-order chi connectivity index (χ1) is 10.6. The number of benzene rings is 2. The van der Waals surface area contributed by atoms with Gasteiger partial charge in [-0.15, -0.1) is 0 Å². The van der Waals surface area contributed by atoms with E-state index in [9.17, 15) is 14.9 Å². The number of ether oxygens (including phenoxy) is 1. The van der Waals surface area contributed by atoms with Gasteiger partial charge in [-0.1, -0.05) is 18.2 Å². The minimum absolute atomic E-state index is 0.0241. The number of hydrogen-bond acceptors (Lipinski definition) is 5. The average molecular weight is 297 g/mol. The molecule has 0 aliphatic carbocycles. The molecule has 1 N–H and O–H groups in total. The summed E-state index contributed by atoms with van der Waals surface area (Å²) in [7, 11) is 1.31. The third-order valence-corrected chi connectivity index (χ3v) is 3.26. The van der Waals surface area contributed by atoms with Crippen molar-refractivity contribution >= 4 is 22.7 Å². The Morgan fingerprint density at radius 3 is 2.77 bits per heavy atom. The topological polar surface area (TPSA) is 98.1 Å². The molecule has 0 fully saturated rings. The number of esters is 1. The van der Waals surface area contributed by atoms with Crippen LogP contribution < -0.4 is 0 Å². The molecule has 3 rings (SSSR count). The number of nitrogens with one attached hydrogen (secondary N) is 1. The zero-order chi connectivity index (χ0) is 15.7. The third-order valence-electron chi connectivity index (χ3n) is 3.26. The second-order valence-corrected chi connectivity index (χ2v) is 4.58. The molecule has 0 saturated heterocycles. The number of nitro groups is 1. The van der Waals surface area contributed by atoms with Crippen molar-refractivity contribution in [3.05, 3.63) is 58.1 Å². The number of nitrogens with zero attached hydrogens (tertiary/aromatic N) is 2. The van der Waals surface area contributed by atoms with Gasteiger partial charge in [0.1, 0.15) is 5.82 Å². The molecule has 0 radical (unpaired) electrons. The monoisotopic (exact) mass is 297 g/mol. The van der Waals surface area contributed by atoms with Crippen molar-refractivity contribution in [2.45, 2.75) is 0 Å². The molecule has 0 unspecified atom stereocenters. The zero-order valence-electron chi connectivity index (χ0n) is 11.6. The molecule has 3 aromatic rings. The van der Waals surface area contributed by atoms with E-state index in [1.54, 1.807) is 30.3 Å². The Kier molecular flexibility index (Phi) is 3.30. The van der Waals surface area contributed by atoms with Gasteiger partial charge in [-0.05, 0) is 12.1 Å². The molecule has 0 spiro atoms. The molecular weight excluding hydrogens is 286 g/mol. The fourth-order valence-corrected chi connectivity index (χ4v) is 2.22. The van der Waals surface area contributed by atoms with Crippen LogP contribution in [0.15, 0.2) is 42.5 Å². The number of nitro benzene ring substituents is 1. The summed E-state index contributed by atoms with van der Waals surface area (Å²) >= 11 is 0. The summed E-state index contributed by atoms with van der Waals surface area (Å²) in [6.07, 6.45) is 0. The lowest BCUT2D eigenvalue weighted by molar-refractivity contribution is -0.384. The Hall–Kier alpha value is -3.22. The molecule has 1 heterocycles. The Balaban J connectivity index is 2.15. The van der Waals surface area contributed by atoms with Crippen LogP contribution in [0.1, 0.15) is 10.4 Å². The number of aromatic amines is 1. The first kappa shape index (κ1) is 13.7. The van der Waals surface area contributed by atoms with Gasteiger partial charge >= 0.3 is 5.97 Å². The number of methoxy groups -OCH3 is 1. The van der Waals surface area contributed by atoms with Crippen LogP contribution in [-0.2, 0) is 4.74 Å². The van der Waals surface area contributed by atoms with Gasteiger partial charge < -0.3 is 9.72 Å². The molecule has 0 amide bonds. The highest BCUT2D eigenvalue weighted by molar-refractivity contribution is 5.97. The molecular formula is C15H11N3O4. The highest BCUT2D eigenvalue weighted by Gasteiger charge is 2.16. The quantitative estimate of drug-likeness (QED) is 0.455. The Labute approximate surface area is 124 Å². The van der Waals surface area contributed by atoms with Crippen LogP contribution in [-0.4, -0.2) is 28.0 Å². The van der Waals surface area contributed by atoms with Gasteiger partial charge in [0, 0.05) is 17.7 Å². The van der Waals surface area contributed by atoms with Gasteiger partial charge in [-0.3, -0.25) is 10.1 Å².